The smallest absolute Gasteiger partial charge is 0.177 e. The van der Waals surface area contributed by atoms with Gasteiger partial charge in [0.05, 0.1) is 0 Å². The summed E-state index contributed by atoms with van der Waals surface area (Å²) < 4.78 is 3.00. The van der Waals surface area contributed by atoms with Crippen molar-refractivity contribution >= 4 is 36.4 Å². The molecule has 0 amide bonds. The Hall–Kier alpha value is -0.950. The van der Waals surface area contributed by atoms with E-state index in [0.29, 0.717) is 18.3 Å². The van der Waals surface area contributed by atoms with Crippen LogP contribution in [0, 0.1) is 4.77 Å². The van der Waals surface area contributed by atoms with Crippen LogP contribution in [0.15, 0.2) is 29.3 Å². The topological polar surface area (TPSA) is 67.0 Å². The molecule has 1 atom stereocenters. The number of aryl methyl sites for hydroxylation is 1. The average Bonchev–Trinajstić information content (AvgIpc) is 2.85. The van der Waals surface area contributed by atoms with E-state index >= 15 is 0 Å². The number of phenols is 1. The number of H-pyrrole nitrogens is 1. The maximum atomic E-state index is 9.67. The Morgan fingerprint density at radius 3 is 3.05 bits per heavy atom. The molecule has 1 aromatic heterocycles. The Bertz CT molecular complexity index is 698. The molecule has 0 radical (unpaired) electrons. The van der Waals surface area contributed by atoms with E-state index in [1.165, 1.54) is 16.2 Å². The number of aromatic hydroxyl groups is 1. The minimum Gasteiger partial charge on any atom is -0.508 e. The predicted octanol–water partition coefficient (Wildman–Crippen LogP) is 3.45. The first-order chi connectivity index (χ1) is 10.2. The molecule has 0 bridgehead atoms. The summed E-state index contributed by atoms with van der Waals surface area (Å²) in [6, 6.07) is 5.94. The highest BCUT2D eigenvalue weighted by atomic mass is 35.5. The van der Waals surface area contributed by atoms with Crippen molar-refractivity contribution in [3.05, 3.63) is 40.4 Å². The summed E-state index contributed by atoms with van der Waals surface area (Å²) in [5.41, 5.74) is 8.03. The Balaban J connectivity index is 0.00000176. The van der Waals surface area contributed by atoms with E-state index < -0.39 is 0 Å². The van der Waals surface area contributed by atoms with Crippen molar-refractivity contribution in [1.82, 2.24) is 9.55 Å². The molecule has 0 saturated heterocycles. The molecule has 22 heavy (non-hydrogen) atoms. The zero-order valence-corrected chi connectivity index (χ0v) is 14.6. The molecule has 1 aromatic carbocycles. The van der Waals surface area contributed by atoms with Crippen molar-refractivity contribution in [2.24, 2.45) is 5.73 Å². The highest BCUT2D eigenvalue weighted by molar-refractivity contribution is 7.99. The number of benzene rings is 1. The number of nitrogens with two attached hydrogens (primary N) is 1. The van der Waals surface area contributed by atoms with Gasteiger partial charge in [0.15, 0.2) is 4.77 Å². The summed E-state index contributed by atoms with van der Waals surface area (Å²) in [6.07, 6.45) is 4.81. The third-order valence-electron chi connectivity index (χ3n) is 3.82. The average molecular weight is 358 g/mol. The molecular weight excluding hydrogens is 338 g/mol. The zero-order chi connectivity index (χ0) is 14.8. The number of nitrogens with one attached hydrogen (secondary N) is 1. The highest BCUT2D eigenvalue weighted by Crippen LogP contribution is 2.37. The molecule has 7 heteroatoms. The molecule has 4 N–H and O–H groups in total. The fourth-order valence-electron chi connectivity index (χ4n) is 2.82. The third kappa shape index (κ3) is 3.51. The lowest BCUT2D eigenvalue weighted by Gasteiger charge is -2.27. The quantitative estimate of drug-likeness (QED) is 0.733. The molecule has 0 saturated carbocycles. The van der Waals surface area contributed by atoms with Crippen molar-refractivity contribution in [2.75, 3.05) is 12.3 Å². The summed E-state index contributed by atoms with van der Waals surface area (Å²) in [6.45, 7) is 0.689. The lowest BCUT2D eigenvalue weighted by atomic mass is 10.1. The van der Waals surface area contributed by atoms with Crippen molar-refractivity contribution in [2.45, 2.75) is 30.2 Å². The molecule has 2 aromatic rings. The second-order valence-corrected chi connectivity index (χ2v) is 6.76. The van der Waals surface area contributed by atoms with E-state index in [-0.39, 0.29) is 12.4 Å². The number of aromatic amines is 1. The van der Waals surface area contributed by atoms with E-state index in [2.05, 4.69) is 9.55 Å². The highest BCUT2D eigenvalue weighted by Gasteiger charge is 2.23. The second-order valence-electron chi connectivity index (χ2n) is 5.31. The summed E-state index contributed by atoms with van der Waals surface area (Å²) in [7, 11) is 0. The van der Waals surface area contributed by atoms with Gasteiger partial charge >= 0.3 is 0 Å². The van der Waals surface area contributed by atoms with Crippen LogP contribution in [0.5, 0.6) is 5.75 Å². The molecule has 0 spiro atoms. The van der Waals surface area contributed by atoms with E-state index in [4.69, 9.17) is 18.0 Å². The number of imidazole rings is 1. The van der Waals surface area contributed by atoms with Crippen molar-refractivity contribution in [3.63, 3.8) is 0 Å². The lowest BCUT2D eigenvalue weighted by molar-refractivity contribution is 0.470. The molecule has 1 aliphatic heterocycles. The van der Waals surface area contributed by atoms with Gasteiger partial charge in [0.1, 0.15) is 5.75 Å². The number of hydrogen-bond acceptors (Lipinski definition) is 4. The summed E-state index contributed by atoms with van der Waals surface area (Å²) in [5.74, 6) is 1.33. The first kappa shape index (κ1) is 17.4. The molecule has 1 unspecified atom stereocenters. The predicted molar refractivity (Wildman–Crippen MR) is 95.8 cm³/mol. The number of phenolic OH excluding ortho intramolecular Hbond substituents is 1. The minimum absolute atomic E-state index is 0. The molecule has 120 valence electrons. The Kier molecular flexibility index (Phi) is 5.97. The van der Waals surface area contributed by atoms with Crippen molar-refractivity contribution in [3.8, 4) is 5.75 Å². The standard InChI is InChI=1S/C15H19N3OS2.ClH/c16-5-1-2-11-8-17-15(20)18(11)12-6-10-7-13(19)3-4-14(10)21-9-12;/h3-4,7-8,12,19H,1-2,5-6,9,16H2,(H,17,20);1H. The Labute approximate surface area is 145 Å². The summed E-state index contributed by atoms with van der Waals surface area (Å²) >= 11 is 7.27. The maximum absolute atomic E-state index is 9.67. The van der Waals surface area contributed by atoms with Gasteiger partial charge in [-0.1, -0.05) is 0 Å². The van der Waals surface area contributed by atoms with Gasteiger partial charge in [0.25, 0.3) is 0 Å². The SMILES string of the molecule is Cl.NCCCc1c[nH]c(=S)n1C1CSc2ccc(O)cc2C1. The van der Waals surface area contributed by atoms with Crippen LogP contribution in [0.3, 0.4) is 0 Å². The first-order valence-electron chi connectivity index (χ1n) is 7.12. The fraction of sp³-hybridized carbons (Fsp3) is 0.400. The van der Waals surface area contributed by atoms with Crippen LogP contribution in [-0.4, -0.2) is 27.0 Å². The van der Waals surface area contributed by atoms with Gasteiger partial charge in [-0.05, 0) is 61.8 Å². The molecule has 3 rings (SSSR count). The van der Waals surface area contributed by atoms with Crippen LogP contribution < -0.4 is 5.73 Å². The number of thioether (sulfide) groups is 1. The number of aromatic nitrogens is 2. The first-order valence-corrected chi connectivity index (χ1v) is 8.52. The number of halogens is 1. The van der Waals surface area contributed by atoms with Crippen molar-refractivity contribution in [1.29, 1.82) is 0 Å². The largest absolute Gasteiger partial charge is 0.508 e. The van der Waals surface area contributed by atoms with Crippen LogP contribution in [0.2, 0.25) is 0 Å². The third-order valence-corrected chi connectivity index (χ3v) is 5.40. The molecule has 0 fully saturated rings. The summed E-state index contributed by atoms with van der Waals surface area (Å²) in [4.78, 5) is 4.42. The normalized spacial score (nSPS) is 16.9. The number of nitrogens with zero attached hydrogens (tertiary/aromatic N) is 1. The molecule has 4 nitrogen and oxygen atoms in total. The van der Waals surface area contributed by atoms with E-state index in [9.17, 15) is 5.11 Å². The summed E-state index contributed by atoms with van der Waals surface area (Å²) in [5, 5.41) is 9.67. The van der Waals surface area contributed by atoms with Gasteiger partial charge in [0.2, 0.25) is 0 Å². The maximum Gasteiger partial charge on any atom is 0.177 e. The van der Waals surface area contributed by atoms with Crippen LogP contribution in [0.1, 0.15) is 23.7 Å². The van der Waals surface area contributed by atoms with Crippen LogP contribution in [-0.2, 0) is 12.8 Å². The zero-order valence-electron chi connectivity index (χ0n) is 12.1. The number of rotatable bonds is 4. The minimum atomic E-state index is 0. The number of fused-ring (bicyclic) bond motifs is 1. The number of hydrogen-bond donors (Lipinski definition) is 3. The Morgan fingerprint density at radius 1 is 1.45 bits per heavy atom. The van der Waals surface area contributed by atoms with Gasteiger partial charge in [-0.15, -0.1) is 24.2 Å². The van der Waals surface area contributed by atoms with Crippen molar-refractivity contribution < 1.29 is 5.11 Å². The van der Waals surface area contributed by atoms with Gasteiger partial charge in [-0.3, -0.25) is 0 Å². The van der Waals surface area contributed by atoms with Gasteiger partial charge < -0.3 is 20.4 Å². The second kappa shape index (κ2) is 7.55. The van der Waals surface area contributed by atoms with E-state index in [1.54, 1.807) is 6.07 Å². The monoisotopic (exact) mass is 357 g/mol. The van der Waals surface area contributed by atoms with Gasteiger partial charge in [-0.2, -0.15) is 0 Å². The van der Waals surface area contributed by atoms with Gasteiger partial charge in [-0.25, -0.2) is 0 Å². The van der Waals surface area contributed by atoms with E-state index in [1.807, 2.05) is 30.1 Å². The Morgan fingerprint density at radius 2 is 2.27 bits per heavy atom. The lowest BCUT2D eigenvalue weighted by Crippen LogP contribution is -2.20. The van der Waals surface area contributed by atoms with Crippen LogP contribution >= 0.6 is 36.4 Å². The van der Waals surface area contributed by atoms with E-state index in [0.717, 1.165) is 29.8 Å². The van der Waals surface area contributed by atoms with Gasteiger partial charge in [0, 0.05) is 28.6 Å². The van der Waals surface area contributed by atoms with Crippen LogP contribution in [0.25, 0.3) is 0 Å². The molecular formula is C15H20ClN3OS2. The fourth-order valence-corrected chi connectivity index (χ4v) is 4.28. The molecule has 0 aliphatic carbocycles. The van der Waals surface area contributed by atoms with Crippen LogP contribution in [0.4, 0.5) is 0 Å². The molecule has 1 aliphatic rings. The molecule has 2 heterocycles.